The monoisotopic (exact) mass is 863 g/mol. The van der Waals surface area contributed by atoms with Crippen molar-refractivity contribution in [3.05, 3.63) is 11.6 Å². The Bertz CT molecular complexity index is 1160. The summed E-state index contributed by atoms with van der Waals surface area (Å²) in [5.74, 6) is 0.951. The number of hydrogen-bond donors (Lipinski definition) is 0. The molecule has 0 aromatic carbocycles. The van der Waals surface area contributed by atoms with Crippen LogP contribution in [-0.4, -0.2) is 189 Å². The van der Waals surface area contributed by atoms with Gasteiger partial charge in [-0.3, -0.25) is 14.4 Å². The number of ether oxygens (including phenoxy) is 12. The zero-order valence-corrected chi connectivity index (χ0v) is 36.8. The molecular formula is C41H74N4O15. The highest BCUT2D eigenvalue weighted by molar-refractivity contribution is 5.81. The van der Waals surface area contributed by atoms with E-state index in [9.17, 15) is 14.4 Å². The van der Waals surface area contributed by atoms with E-state index in [1.807, 2.05) is 20.8 Å². The van der Waals surface area contributed by atoms with Crippen LogP contribution in [0.2, 0.25) is 0 Å². The Balaban J connectivity index is 1.67. The predicted molar refractivity (Wildman–Crippen MR) is 218 cm³/mol. The van der Waals surface area contributed by atoms with Gasteiger partial charge in [-0.2, -0.15) is 0 Å². The third-order valence-electron chi connectivity index (χ3n) is 7.71. The van der Waals surface area contributed by atoms with Crippen molar-refractivity contribution in [1.82, 2.24) is 20.4 Å². The number of aromatic nitrogens is 4. The van der Waals surface area contributed by atoms with E-state index in [0.717, 1.165) is 0 Å². The minimum Gasteiger partial charge on any atom is -0.460 e. The molecule has 0 aliphatic rings. The van der Waals surface area contributed by atoms with Crippen molar-refractivity contribution in [3.63, 3.8) is 0 Å². The summed E-state index contributed by atoms with van der Waals surface area (Å²) in [4.78, 5) is 35.7. The van der Waals surface area contributed by atoms with E-state index >= 15 is 0 Å². The Morgan fingerprint density at radius 2 is 0.667 bits per heavy atom. The Morgan fingerprint density at radius 3 is 1.00 bits per heavy atom. The summed E-state index contributed by atoms with van der Waals surface area (Å²) in [6, 6.07) is 0. The van der Waals surface area contributed by atoms with Gasteiger partial charge in [0.25, 0.3) is 0 Å². The van der Waals surface area contributed by atoms with Crippen LogP contribution in [0.4, 0.5) is 0 Å². The molecule has 0 unspecified atom stereocenters. The normalized spacial score (nSPS) is 11.7. The van der Waals surface area contributed by atoms with Crippen LogP contribution in [0.3, 0.4) is 0 Å². The third-order valence-corrected chi connectivity index (χ3v) is 7.71. The van der Waals surface area contributed by atoms with Crippen LogP contribution < -0.4 is 0 Å². The molecule has 348 valence electrons. The van der Waals surface area contributed by atoms with Gasteiger partial charge in [-0.05, 0) is 47.0 Å². The molecule has 19 heteroatoms. The lowest BCUT2D eigenvalue weighted by Crippen LogP contribution is -2.23. The molecule has 1 heterocycles. The number of hydrogen-bond acceptors (Lipinski definition) is 19. The van der Waals surface area contributed by atoms with Crippen molar-refractivity contribution >= 4 is 17.5 Å². The number of Topliss-reactive ketones (excluding diaryl/α,β-unsaturated/α-hetero) is 2. The van der Waals surface area contributed by atoms with Crippen molar-refractivity contribution in [2.75, 3.05) is 145 Å². The minimum atomic E-state index is -0.457. The molecule has 0 N–H and O–H groups in total. The van der Waals surface area contributed by atoms with E-state index in [0.29, 0.717) is 215 Å². The zero-order valence-electron chi connectivity index (χ0n) is 36.8. The summed E-state index contributed by atoms with van der Waals surface area (Å²) in [6.07, 6.45) is 4.10. The van der Waals surface area contributed by atoms with Gasteiger partial charge in [0.05, 0.1) is 132 Å². The maximum atomic E-state index is 12.1. The fraction of sp³-hybridized carbons (Fsp3) is 0.878. The summed E-state index contributed by atoms with van der Waals surface area (Å²) in [5.41, 5.74) is -0.457. The maximum Gasteiger partial charge on any atom is 0.306 e. The molecule has 0 radical (unpaired) electrons. The fourth-order valence-electron chi connectivity index (χ4n) is 4.77. The Morgan fingerprint density at radius 1 is 0.383 bits per heavy atom. The van der Waals surface area contributed by atoms with Gasteiger partial charge in [0.1, 0.15) is 17.2 Å². The molecule has 19 nitrogen and oxygen atoms in total. The second kappa shape index (κ2) is 40.4. The lowest BCUT2D eigenvalue weighted by Gasteiger charge is -2.19. The first-order valence-electron chi connectivity index (χ1n) is 21.3. The summed E-state index contributed by atoms with van der Waals surface area (Å²) in [7, 11) is 0. The molecule has 0 saturated carbocycles. The molecule has 0 saturated heterocycles. The molecule has 1 rings (SSSR count). The van der Waals surface area contributed by atoms with E-state index in [4.69, 9.17) is 56.8 Å². The van der Waals surface area contributed by atoms with Crippen molar-refractivity contribution in [2.24, 2.45) is 0 Å². The second-order valence-corrected chi connectivity index (χ2v) is 14.3. The number of aryl methyl sites for hydroxylation is 2. The average Bonchev–Trinajstić information content (AvgIpc) is 3.21. The van der Waals surface area contributed by atoms with Gasteiger partial charge >= 0.3 is 5.97 Å². The molecule has 0 aliphatic heterocycles. The maximum absolute atomic E-state index is 12.1. The standard InChI is InChI=1S/C41H74N4O15/c1-36-42-44-39(45-43-36)13-12-38(47)9-5-8-37(46)10-6-14-49-16-18-51-20-22-53-24-26-55-28-30-57-32-34-59-35-33-58-31-29-56-27-25-54-23-21-52-19-17-50-15-7-11-40(48)60-41(2,3)4/h5-35H2,1-4H3. The van der Waals surface area contributed by atoms with Crippen LogP contribution in [0.25, 0.3) is 0 Å². The van der Waals surface area contributed by atoms with Crippen molar-refractivity contribution in [2.45, 2.75) is 91.1 Å². The van der Waals surface area contributed by atoms with Gasteiger partial charge in [0.15, 0.2) is 11.6 Å². The molecule has 0 amide bonds. The molecule has 0 aliphatic carbocycles. The van der Waals surface area contributed by atoms with Crippen LogP contribution in [0.5, 0.6) is 0 Å². The highest BCUT2D eigenvalue weighted by atomic mass is 16.6. The Kier molecular flexibility index (Phi) is 37.2. The Labute approximate surface area is 356 Å². The predicted octanol–water partition coefficient (Wildman–Crippen LogP) is 2.90. The van der Waals surface area contributed by atoms with Crippen LogP contribution in [-0.2, 0) is 77.6 Å². The first-order chi connectivity index (χ1) is 29.2. The number of ketones is 2. The molecule has 0 spiro atoms. The zero-order chi connectivity index (χ0) is 43.6. The molecule has 1 aromatic heterocycles. The van der Waals surface area contributed by atoms with Gasteiger partial charge in [0, 0.05) is 51.7 Å². The quantitative estimate of drug-likeness (QED) is 0.0681. The van der Waals surface area contributed by atoms with Crippen LogP contribution in [0, 0.1) is 6.92 Å². The third kappa shape index (κ3) is 40.7. The summed E-state index contributed by atoms with van der Waals surface area (Å²) < 4.78 is 65.6. The number of rotatable bonds is 45. The second-order valence-electron chi connectivity index (χ2n) is 14.3. The molecule has 0 fully saturated rings. The summed E-state index contributed by atoms with van der Waals surface area (Å²) in [6.45, 7) is 17.7. The molecule has 0 atom stereocenters. The minimum absolute atomic E-state index is 0.0810. The van der Waals surface area contributed by atoms with E-state index in [1.165, 1.54) is 0 Å². The number of carbonyl (C=O) groups is 3. The van der Waals surface area contributed by atoms with Crippen molar-refractivity contribution in [1.29, 1.82) is 0 Å². The summed E-state index contributed by atoms with van der Waals surface area (Å²) >= 11 is 0. The number of esters is 1. The lowest BCUT2D eigenvalue weighted by molar-refractivity contribution is -0.155. The van der Waals surface area contributed by atoms with Gasteiger partial charge in [-0.15, -0.1) is 20.4 Å². The van der Waals surface area contributed by atoms with E-state index in [-0.39, 0.29) is 17.5 Å². The van der Waals surface area contributed by atoms with E-state index in [2.05, 4.69) is 20.4 Å². The van der Waals surface area contributed by atoms with Crippen LogP contribution >= 0.6 is 0 Å². The van der Waals surface area contributed by atoms with Gasteiger partial charge in [-0.1, -0.05) is 0 Å². The van der Waals surface area contributed by atoms with Crippen LogP contribution in [0.15, 0.2) is 0 Å². The van der Waals surface area contributed by atoms with E-state index in [1.54, 1.807) is 6.92 Å². The molecule has 0 bridgehead atoms. The molecule has 1 aromatic rings. The van der Waals surface area contributed by atoms with E-state index < -0.39 is 5.60 Å². The summed E-state index contributed by atoms with van der Waals surface area (Å²) in [5, 5.41) is 15.5. The largest absolute Gasteiger partial charge is 0.460 e. The van der Waals surface area contributed by atoms with Gasteiger partial charge in [-0.25, -0.2) is 0 Å². The Hall–Kier alpha value is -2.69. The van der Waals surface area contributed by atoms with Gasteiger partial charge in [0.2, 0.25) is 0 Å². The smallest absolute Gasteiger partial charge is 0.306 e. The number of carbonyl (C=O) groups excluding carboxylic acids is 3. The number of nitrogens with zero attached hydrogens (tertiary/aromatic N) is 4. The molecule has 60 heavy (non-hydrogen) atoms. The first kappa shape index (κ1) is 55.3. The van der Waals surface area contributed by atoms with Crippen molar-refractivity contribution < 1.29 is 71.2 Å². The highest BCUT2D eigenvalue weighted by Crippen LogP contribution is 2.09. The van der Waals surface area contributed by atoms with Gasteiger partial charge < -0.3 is 56.8 Å². The lowest BCUT2D eigenvalue weighted by atomic mass is 10.1. The van der Waals surface area contributed by atoms with Crippen molar-refractivity contribution in [3.8, 4) is 0 Å². The fourth-order valence-corrected chi connectivity index (χ4v) is 4.77. The topological polar surface area (TPSA) is 214 Å². The molecular weight excluding hydrogens is 788 g/mol. The average molecular weight is 863 g/mol. The SMILES string of the molecule is Cc1nnc(CCC(=O)CCCC(=O)CCCOCCOCCOCCOCCOCCOCCOCCOCCOCCOCCOCCCC(=O)OC(C)(C)C)nn1. The van der Waals surface area contributed by atoms with Crippen LogP contribution in [0.1, 0.15) is 83.8 Å². The highest BCUT2D eigenvalue weighted by Gasteiger charge is 2.15. The first-order valence-corrected chi connectivity index (χ1v) is 21.3.